The Kier molecular flexibility index (Phi) is 2.35. The Morgan fingerprint density at radius 2 is 2.24 bits per heavy atom. The summed E-state index contributed by atoms with van der Waals surface area (Å²) in [4.78, 5) is 8.79. The maximum Gasteiger partial charge on any atom is 0.152 e. The lowest BCUT2D eigenvalue weighted by Gasteiger charge is -2.00. The lowest BCUT2D eigenvalue weighted by Crippen LogP contribution is -2.04. The fraction of sp³-hybridized carbons (Fsp3) is 0.200. The van der Waals surface area contributed by atoms with Gasteiger partial charge < -0.3 is 16.0 Å². The van der Waals surface area contributed by atoms with Gasteiger partial charge in [-0.2, -0.15) is 0 Å². The third-order valence-corrected chi connectivity index (χ3v) is 4.39. The molecule has 0 aliphatic carbocycles. The van der Waals surface area contributed by atoms with Gasteiger partial charge in [0.15, 0.2) is 5.82 Å². The highest BCUT2D eigenvalue weighted by Crippen LogP contribution is 2.35. The number of imidazole rings is 1. The number of hydrogen-bond donors (Lipinski definition) is 2. The van der Waals surface area contributed by atoms with Crippen LogP contribution in [0, 0.1) is 0 Å². The van der Waals surface area contributed by atoms with E-state index in [1.165, 1.54) is 0 Å². The molecule has 0 amide bonds. The second kappa shape index (κ2) is 3.66. The van der Waals surface area contributed by atoms with Crippen LogP contribution in [-0.2, 0) is 13.6 Å². The van der Waals surface area contributed by atoms with Crippen molar-refractivity contribution >= 4 is 54.3 Å². The van der Waals surface area contributed by atoms with Gasteiger partial charge in [-0.1, -0.05) is 0 Å². The van der Waals surface area contributed by atoms with Crippen LogP contribution in [0.5, 0.6) is 0 Å². The monoisotopic (exact) mass is 311 g/mol. The lowest BCUT2D eigenvalue weighted by molar-refractivity contribution is 0.814. The third-order valence-electron chi connectivity index (χ3n) is 2.75. The highest BCUT2D eigenvalue weighted by molar-refractivity contribution is 9.11. The van der Waals surface area contributed by atoms with Gasteiger partial charge in [-0.25, -0.2) is 9.97 Å². The van der Waals surface area contributed by atoms with Crippen molar-refractivity contribution in [3.63, 3.8) is 0 Å². The molecule has 0 atom stereocenters. The van der Waals surface area contributed by atoms with Crippen LogP contribution in [0.1, 0.15) is 5.82 Å². The maximum atomic E-state index is 5.93. The number of hydrogen-bond acceptors (Lipinski definition) is 5. The molecule has 4 N–H and O–H groups in total. The molecule has 3 aromatic heterocycles. The minimum absolute atomic E-state index is 0.388. The van der Waals surface area contributed by atoms with Crippen LogP contribution >= 0.6 is 27.3 Å². The summed E-state index contributed by atoms with van der Waals surface area (Å²) in [6.07, 6.45) is 0. The van der Waals surface area contributed by atoms with Gasteiger partial charge >= 0.3 is 0 Å². The highest BCUT2D eigenvalue weighted by Gasteiger charge is 2.16. The molecule has 0 saturated heterocycles. The summed E-state index contributed by atoms with van der Waals surface area (Å²) in [6.45, 7) is 0.388. The molecule has 0 fully saturated rings. The Balaban J connectivity index is 2.57. The first-order valence-corrected chi connectivity index (χ1v) is 6.62. The van der Waals surface area contributed by atoms with Gasteiger partial charge in [-0.15, -0.1) is 11.3 Å². The molecule has 7 heteroatoms. The van der Waals surface area contributed by atoms with Crippen LogP contribution in [0.25, 0.3) is 21.3 Å². The maximum absolute atomic E-state index is 5.93. The zero-order valence-electron chi connectivity index (χ0n) is 9.07. The van der Waals surface area contributed by atoms with Gasteiger partial charge in [-0.3, -0.25) is 0 Å². The van der Waals surface area contributed by atoms with E-state index in [2.05, 4.69) is 25.9 Å². The Labute approximate surface area is 110 Å². The number of aromatic nitrogens is 3. The lowest BCUT2D eigenvalue weighted by atomic mass is 10.3. The van der Waals surface area contributed by atoms with E-state index in [0.717, 1.165) is 30.9 Å². The average Bonchev–Trinajstić information content (AvgIpc) is 2.79. The fourth-order valence-electron chi connectivity index (χ4n) is 1.95. The molecular weight excluding hydrogens is 302 g/mol. The molecule has 88 valence electrons. The van der Waals surface area contributed by atoms with Gasteiger partial charge in [0.05, 0.1) is 26.1 Å². The second-order valence-corrected chi connectivity index (χ2v) is 6.18. The second-order valence-electron chi connectivity index (χ2n) is 3.75. The zero-order valence-corrected chi connectivity index (χ0v) is 11.5. The molecule has 17 heavy (non-hydrogen) atoms. The molecule has 0 aromatic carbocycles. The number of thiophene rings is 1. The Morgan fingerprint density at radius 3 is 2.94 bits per heavy atom. The highest BCUT2D eigenvalue weighted by atomic mass is 79.9. The molecule has 0 aliphatic rings. The van der Waals surface area contributed by atoms with Crippen LogP contribution in [0.4, 0.5) is 5.82 Å². The van der Waals surface area contributed by atoms with Crippen molar-refractivity contribution < 1.29 is 0 Å². The number of nitrogen functional groups attached to an aromatic ring is 1. The molecule has 0 bridgehead atoms. The molecule has 3 heterocycles. The van der Waals surface area contributed by atoms with Crippen LogP contribution in [0.2, 0.25) is 0 Å². The number of aryl methyl sites for hydroxylation is 1. The molecule has 0 aliphatic heterocycles. The number of rotatable bonds is 1. The fourth-order valence-corrected chi connectivity index (χ4v) is 3.56. The van der Waals surface area contributed by atoms with Crippen molar-refractivity contribution in [1.82, 2.24) is 14.5 Å². The van der Waals surface area contributed by atoms with E-state index in [4.69, 9.17) is 11.5 Å². The summed E-state index contributed by atoms with van der Waals surface area (Å²) in [5.74, 6) is 1.26. The van der Waals surface area contributed by atoms with Crippen molar-refractivity contribution in [3.05, 3.63) is 15.7 Å². The summed E-state index contributed by atoms with van der Waals surface area (Å²) in [6, 6.07) is 1.96. The van der Waals surface area contributed by atoms with Gasteiger partial charge in [-0.05, 0) is 22.0 Å². The largest absolute Gasteiger partial charge is 0.382 e. The smallest absolute Gasteiger partial charge is 0.152 e. The van der Waals surface area contributed by atoms with Gasteiger partial charge in [0.25, 0.3) is 0 Å². The first kappa shape index (κ1) is 10.9. The van der Waals surface area contributed by atoms with Crippen LogP contribution < -0.4 is 11.5 Å². The molecule has 0 spiro atoms. The van der Waals surface area contributed by atoms with Crippen molar-refractivity contribution in [1.29, 1.82) is 0 Å². The van der Waals surface area contributed by atoms with Gasteiger partial charge in [0.1, 0.15) is 11.3 Å². The predicted molar refractivity (Wildman–Crippen MR) is 73.9 cm³/mol. The number of nitrogens with zero attached hydrogens (tertiary/aromatic N) is 3. The quantitative estimate of drug-likeness (QED) is 0.720. The minimum atomic E-state index is 0.388. The third kappa shape index (κ3) is 1.46. The number of fused-ring (bicyclic) bond motifs is 3. The molecule has 0 radical (unpaired) electrons. The van der Waals surface area contributed by atoms with Crippen LogP contribution in [-0.4, -0.2) is 14.5 Å². The standard InChI is InChI=1S/C10H10BrN5S/c1-16-6(3-12)15-7-8(16)9-4(14-10(7)13)2-5(11)17-9/h2H,3,12H2,1H3,(H2,13,14). The summed E-state index contributed by atoms with van der Waals surface area (Å²) < 4.78 is 4.09. The number of anilines is 1. The summed E-state index contributed by atoms with van der Waals surface area (Å²) in [5, 5.41) is 0. The van der Waals surface area contributed by atoms with E-state index < -0.39 is 0 Å². The summed E-state index contributed by atoms with van der Waals surface area (Å²) in [7, 11) is 1.95. The van der Waals surface area contributed by atoms with Gasteiger partial charge in [0.2, 0.25) is 0 Å². The molecule has 3 aromatic rings. The van der Waals surface area contributed by atoms with Crippen molar-refractivity contribution in [2.75, 3.05) is 5.73 Å². The number of pyridine rings is 1. The van der Waals surface area contributed by atoms with Crippen LogP contribution in [0.15, 0.2) is 9.85 Å². The zero-order chi connectivity index (χ0) is 12.2. The summed E-state index contributed by atoms with van der Waals surface area (Å²) in [5.41, 5.74) is 14.2. The summed E-state index contributed by atoms with van der Waals surface area (Å²) >= 11 is 5.09. The van der Waals surface area contributed by atoms with E-state index >= 15 is 0 Å². The van der Waals surface area contributed by atoms with Crippen molar-refractivity contribution in [3.8, 4) is 0 Å². The van der Waals surface area contributed by atoms with Crippen molar-refractivity contribution in [2.45, 2.75) is 6.54 Å². The Hall–Kier alpha value is -1.18. The molecule has 3 rings (SSSR count). The number of halogens is 1. The first-order valence-electron chi connectivity index (χ1n) is 5.01. The molecule has 5 nitrogen and oxygen atoms in total. The van der Waals surface area contributed by atoms with E-state index in [-0.39, 0.29) is 0 Å². The normalized spacial score (nSPS) is 11.7. The van der Waals surface area contributed by atoms with E-state index in [1.54, 1.807) is 11.3 Å². The van der Waals surface area contributed by atoms with Crippen LogP contribution in [0.3, 0.4) is 0 Å². The molecular formula is C10H10BrN5S. The topological polar surface area (TPSA) is 82.8 Å². The minimum Gasteiger partial charge on any atom is -0.382 e. The Morgan fingerprint density at radius 1 is 1.47 bits per heavy atom. The van der Waals surface area contributed by atoms with E-state index in [0.29, 0.717) is 12.4 Å². The molecule has 0 unspecified atom stereocenters. The predicted octanol–water partition coefficient (Wildman–Crippen LogP) is 1.99. The van der Waals surface area contributed by atoms with E-state index in [1.807, 2.05) is 17.7 Å². The van der Waals surface area contributed by atoms with Crippen molar-refractivity contribution in [2.24, 2.45) is 12.8 Å². The van der Waals surface area contributed by atoms with Gasteiger partial charge in [0, 0.05) is 7.05 Å². The average molecular weight is 312 g/mol. The molecule has 0 saturated carbocycles. The number of nitrogens with two attached hydrogens (primary N) is 2. The van der Waals surface area contributed by atoms with E-state index in [9.17, 15) is 0 Å². The SMILES string of the molecule is Cn1c(CN)nc2c(N)nc3cc(Br)sc3c21. The Bertz CT molecular complexity index is 729. The first-order chi connectivity index (χ1) is 8.11.